The predicted octanol–water partition coefficient (Wildman–Crippen LogP) is 3.17. The Kier molecular flexibility index (Phi) is 3.57. The molecule has 0 aliphatic heterocycles. The minimum Gasteiger partial charge on any atom is -0.758 e. The Balaban J connectivity index is 2.16. The fourth-order valence-electron chi connectivity index (χ4n) is 1.45. The molecule has 2 aromatic rings. The first-order valence-corrected chi connectivity index (χ1v) is 5.42. The number of anilines is 1. The topological polar surface area (TPSA) is 52.3 Å². The van der Waals surface area contributed by atoms with Gasteiger partial charge in [-0.05, 0) is 30.7 Å². The number of rotatable bonds is 4. The molecule has 0 spiro atoms. The molecule has 17 heavy (non-hydrogen) atoms. The van der Waals surface area contributed by atoms with Crippen LogP contribution in [0.15, 0.2) is 41.1 Å². The van der Waals surface area contributed by atoms with E-state index in [2.05, 4.69) is 4.98 Å². The molecule has 0 N–H and O–H groups in total. The van der Waals surface area contributed by atoms with Crippen molar-refractivity contribution in [1.29, 1.82) is 0 Å². The van der Waals surface area contributed by atoms with Crippen LogP contribution in [-0.2, 0) is 0 Å². The highest BCUT2D eigenvalue weighted by molar-refractivity contribution is 5.68. The Morgan fingerprint density at radius 3 is 3.00 bits per heavy atom. The highest BCUT2D eigenvalue weighted by Crippen LogP contribution is 2.16. The van der Waals surface area contributed by atoms with Crippen molar-refractivity contribution in [1.82, 2.24) is 4.98 Å². The van der Waals surface area contributed by atoms with Gasteiger partial charge in [0.15, 0.2) is 0 Å². The van der Waals surface area contributed by atoms with Crippen LogP contribution in [0.3, 0.4) is 0 Å². The van der Waals surface area contributed by atoms with Gasteiger partial charge in [0, 0.05) is 18.3 Å². The van der Waals surface area contributed by atoms with Crippen LogP contribution in [0.4, 0.5) is 5.69 Å². The van der Waals surface area contributed by atoms with E-state index in [1.165, 1.54) is 6.26 Å². The van der Waals surface area contributed by atoms with Crippen molar-refractivity contribution in [3.8, 4) is 0 Å². The lowest BCUT2D eigenvalue weighted by atomic mass is 10.2. The third-order valence-electron chi connectivity index (χ3n) is 2.32. The molecule has 1 aromatic heterocycles. The van der Waals surface area contributed by atoms with Gasteiger partial charge in [0.2, 0.25) is 5.89 Å². The van der Waals surface area contributed by atoms with Crippen LogP contribution in [0.2, 0.25) is 0 Å². The first-order valence-electron chi connectivity index (χ1n) is 5.42. The predicted molar refractivity (Wildman–Crippen MR) is 68.3 cm³/mol. The molecule has 0 bridgehead atoms. The number of hydroxylamine groups is 1. The number of oxazole rings is 1. The second kappa shape index (κ2) is 5.32. The average Bonchev–Trinajstić information content (AvgIpc) is 2.89. The molecule has 0 aliphatic rings. The summed E-state index contributed by atoms with van der Waals surface area (Å²) in [6, 6.07) is 7.40. The number of aromatic nitrogens is 1. The molecule has 0 unspecified atom stereocenters. The van der Waals surface area contributed by atoms with Gasteiger partial charge in [-0.25, -0.2) is 4.98 Å². The summed E-state index contributed by atoms with van der Waals surface area (Å²) >= 11 is 0. The molecule has 1 heterocycles. The first kappa shape index (κ1) is 11.4. The summed E-state index contributed by atoms with van der Waals surface area (Å²) in [6.45, 7) is 2.26. The Morgan fingerprint density at radius 2 is 2.29 bits per heavy atom. The standard InChI is InChI=1S/C13H13N2O2/c1-2-15(16)12-5-3-4-11(10-12)6-7-13-14-8-9-17-13/h3-10H,2H2,1H3/q-1/b7-6+. The van der Waals surface area contributed by atoms with E-state index in [0.717, 1.165) is 10.6 Å². The first-order chi connectivity index (χ1) is 8.29. The van der Waals surface area contributed by atoms with Gasteiger partial charge in [0.1, 0.15) is 6.26 Å². The van der Waals surface area contributed by atoms with Gasteiger partial charge >= 0.3 is 0 Å². The van der Waals surface area contributed by atoms with E-state index in [1.54, 1.807) is 18.3 Å². The molecule has 0 aliphatic carbocycles. The van der Waals surface area contributed by atoms with Gasteiger partial charge in [0.05, 0.1) is 6.20 Å². The normalized spacial score (nSPS) is 10.9. The second-order valence-electron chi connectivity index (χ2n) is 3.49. The molecule has 0 saturated carbocycles. The zero-order valence-corrected chi connectivity index (χ0v) is 9.54. The van der Waals surface area contributed by atoms with Crippen LogP contribution in [0.5, 0.6) is 0 Å². The lowest BCUT2D eigenvalue weighted by Gasteiger charge is -2.29. The molecule has 2 rings (SSSR count). The van der Waals surface area contributed by atoms with Gasteiger partial charge in [0.25, 0.3) is 0 Å². The molecule has 0 radical (unpaired) electrons. The van der Waals surface area contributed by atoms with Crippen molar-refractivity contribution >= 4 is 17.8 Å². The monoisotopic (exact) mass is 229 g/mol. The molecule has 88 valence electrons. The van der Waals surface area contributed by atoms with Crippen LogP contribution in [0, 0.1) is 5.21 Å². The smallest absolute Gasteiger partial charge is 0.218 e. The Hall–Kier alpha value is -2.07. The SMILES string of the molecule is CCN([O-])c1cccc(/C=C/c2ncco2)c1. The van der Waals surface area contributed by atoms with Gasteiger partial charge in [-0.1, -0.05) is 12.1 Å². The summed E-state index contributed by atoms with van der Waals surface area (Å²) in [4.78, 5) is 3.98. The number of benzene rings is 1. The van der Waals surface area contributed by atoms with Gasteiger partial charge in [-0.2, -0.15) is 0 Å². The average molecular weight is 229 g/mol. The highest BCUT2D eigenvalue weighted by atomic mass is 16.5. The van der Waals surface area contributed by atoms with Gasteiger partial charge in [-0.15, -0.1) is 0 Å². The molecule has 1 aromatic carbocycles. The quantitative estimate of drug-likeness (QED) is 0.755. The van der Waals surface area contributed by atoms with E-state index >= 15 is 0 Å². The number of hydrogen-bond donors (Lipinski definition) is 0. The summed E-state index contributed by atoms with van der Waals surface area (Å²) in [5.74, 6) is 0.546. The zero-order valence-electron chi connectivity index (χ0n) is 9.54. The highest BCUT2D eigenvalue weighted by Gasteiger charge is 1.95. The fraction of sp³-hybridized carbons (Fsp3) is 0.154. The van der Waals surface area contributed by atoms with E-state index in [0.29, 0.717) is 18.1 Å². The largest absolute Gasteiger partial charge is 0.758 e. The second-order valence-corrected chi connectivity index (χ2v) is 3.49. The molecule has 0 atom stereocenters. The van der Waals surface area contributed by atoms with E-state index < -0.39 is 0 Å². The number of hydrogen-bond acceptors (Lipinski definition) is 4. The maximum Gasteiger partial charge on any atom is 0.218 e. The third kappa shape index (κ3) is 2.95. The Morgan fingerprint density at radius 1 is 1.41 bits per heavy atom. The van der Waals surface area contributed by atoms with E-state index in [4.69, 9.17) is 4.42 Å². The summed E-state index contributed by atoms with van der Waals surface area (Å²) in [6.07, 6.45) is 6.73. The molecular formula is C13H13N2O2-. The van der Waals surface area contributed by atoms with E-state index in [1.807, 2.05) is 31.2 Å². The minimum absolute atomic E-state index is 0.437. The minimum atomic E-state index is 0.437. The molecular weight excluding hydrogens is 216 g/mol. The van der Waals surface area contributed by atoms with Crippen molar-refractivity contribution in [3.05, 3.63) is 53.4 Å². The maximum absolute atomic E-state index is 11.5. The van der Waals surface area contributed by atoms with E-state index in [-0.39, 0.29) is 0 Å². The van der Waals surface area contributed by atoms with Crippen LogP contribution in [0.1, 0.15) is 18.4 Å². The fourth-order valence-corrected chi connectivity index (χ4v) is 1.45. The molecule has 4 heteroatoms. The van der Waals surface area contributed by atoms with Crippen molar-refractivity contribution in [2.45, 2.75) is 6.92 Å². The summed E-state index contributed by atoms with van der Waals surface area (Å²) in [7, 11) is 0. The van der Waals surface area contributed by atoms with Gasteiger partial charge < -0.3 is 14.7 Å². The maximum atomic E-state index is 11.5. The Labute approximate surface area is 99.8 Å². The summed E-state index contributed by atoms with van der Waals surface area (Å²) in [5, 5.41) is 12.4. The van der Waals surface area contributed by atoms with Crippen molar-refractivity contribution in [3.63, 3.8) is 0 Å². The zero-order chi connectivity index (χ0) is 12.1. The third-order valence-corrected chi connectivity index (χ3v) is 2.32. The van der Waals surface area contributed by atoms with Crippen LogP contribution in [0.25, 0.3) is 12.2 Å². The van der Waals surface area contributed by atoms with Crippen molar-refractivity contribution in [2.75, 3.05) is 11.6 Å². The van der Waals surface area contributed by atoms with E-state index in [9.17, 15) is 5.21 Å². The lowest BCUT2D eigenvalue weighted by Crippen LogP contribution is -2.12. The van der Waals surface area contributed by atoms with Gasteiger partial charge in [-0.3, -0.25) is 0 Å². The van der Waals surface area contributed by atoms with Crippen LogP contribution < -0.4 is 5.06 Å². The van der Waals surface area contributed by atoms with Crippen LogP contribution in [-0.4, -0.2) is 11.5 Å². The van der Waals surface area contributed by atoms with Crippen LogP contribution >= 0.6 is 0 Å². The Bertz CT molecular complexity index is 492. The summed E-state index contributed by atoms with van der Waals surface area (Å²) in [5.41, 5.74) is 1.59. The lowest BCUT2D eigenvalue weighted by molar-refractivity contribution is 0.547. The molecule has 0 saturated heterocycles. The summed E-state index contributed by atoms with van der Waals surface area (Å²) < 4.78 is 5.08. The van der Waals surface area contributed by atoms with Crippen molar-refractivity contribution < 1.29 is 4.42 Å². The van der Waals surface area contributed by atoms with Crippen molar-refractivity contribution in [2.24, 2.45) is 0 Å². The number of nitrogens with zero attached hydrogens (tertiary/aromatic N) is 2. The molecule has 0 amide bonds. The molecule has 0 fully saturated rings. The molecule has 4 nitrogen and oxygen atoms in total.